The summed E-state index contributed by atoms with van der Waals surface area (Å²) in [6.45, 7) is 7.62. The van der Waals surface area contributed by atoms with E-state index < -0.39 is 131 Å². The van der Waals surface area contributed by atoms with Crippen LogP contribution in [0.25, 0.3) is 10.9 Å². The largest absolute Gasteiger partial charge is 0.508 e. The molecular weight excluding hydrogens is 1330 g/mol. The number of benzene rings is 3. The van der Waals surface area contributed by atoms with Crippen molar-refractivity contribution in [1.29, 1.82) is 0 Å². The van der Waals surface area contributed by atoms with E-state index in [1.807, 2.05) is 0 Å². The van der Waals surface area contributed by atoms with E-state index in [1.165, 1.54) is 31.2 Å². The average molecular weight is 1430 g/mol. The third-order valence-corrected chi connectivity index (χ3v) is 19.5. The standard InChI is InChI=1S/C66H98N18O14S2/c1-39(85)55-63(96)81-52(62(95)83-56(40(2)86)64(97)98)34-100-99-33-51(61(94)78-49(30-42-18-20-44(87)21-19-42)59(92)79-50(31-43-32-73-46-14-7-6-13-45(43)46)60(93)77-47(57(90)82-55)15-8-9-22-67)80-58(91)48(29-41-11-4-3-5-12-41)76-53(88)16-10-17-54(89)84-66-37-71-25-23-69-35-65(68,74-27-28-75-66)36-70-24-26-72-38-66/h3-7,11-14,18-21,32,39-40,47-52,55-56,69-75,85-87H,8-10,15-17,22-31,33-38,67-68H2,1-2H3,(H,76,88)(H,77,93)(H,78,94)(H,79,92)(H,80,91)(H,81,96)(H,82,90)(H,83,95)(H,84,89)(H,97,98)/t39?,40?,47?,48?,49?,50?,51-,52-,55?,56?,65?,66?/m0/s1. The van der Waals surface area contributed by atoms with Crippen LogP contribution in [0.2, 0.25) is 0 Å². The summed E-state index contributed by atoms with van der Waals surface area (Å²) in [4.78, 5) is 147. The predicted molar refractivity (Wildman–Crippen MR) is 377 cm³/mol. The van der Waals surface area contributed by atoms with E-state index in [1.54, 1.807) is 60.8 Å². The van der Waals surface area contributed by atoms with Gasteiger partial charge in [0.05, 0.1) is 17.9 Å². The van der Waals surface area contributed by atoms with E-state index in [0.29, 0.717) is 99.5 Å². The number of carboxylic acids is 1. The van der Waals surface area contributed by atoms with Crippen LogP contribution in [0.1, 0.15) is 69.1 Å². The van der Waals surface area contributed by atoms with Crippen LogP contribution < -0.4 is 91.2 Å². The molecule has 0 aliphatic carbocycles. The molecule has 32 nitrogen and oxygen atoms in total. The van der Waals surface area contributed by atoms with E-state index in [-0.39, 0.29) is 75.3 Å². The maximum absolute atomic E-state index is 15.2. The summed E-state index contributed by atoms with van der Waals surface area (Å²) in [6, 6.07) is 8.82. The van der Waals surface area contributed by atoms with Crippen molar-refractivity contribution in [2.75, 3.05) is 83.5 Å². The van der Waals surface area contributed by atoms with Crippen LogP contribution in [0.4, 0.5) is 0 Å². The number of carbonyl (C=O) groups excluding carboxylic acids is 9. The first-order chi connectivity index (χ1) is 47.9. The molecule has 3 saturated heterocycles. The first-order valence-electron chi connectivity index (χ1n) is 33.7. The van der Waals surface area contributed by atoms with Gasteiger partial charge in [0.25, 0.3) is 0 Å². The van der Waals surface area contributed by atoms with Gasteiger partial charge in [0, 0.05) is 126 Å². The Morgan fingerprint density at radius 3 is 1.89 bits per heavy atom. The number of para-hydroxylation sites is 1. The predicted octanol–water partition coefficient (Wildman–Crippen LogP) is -4.65. The van der Waals surface area contributed by atoms with Gasteiger partial charge in [0.15, 0.2) is 6.04 Å². The molecule has 24 N–H and O–H groups in total. The maximum Gasteiger partial charge on any atom is 0.328 e. The number of aromatic nitrogens is 1. The zero-order valence-electron chi connectivity index (χ0n) is 56.3. The number of aliphatic hydroxyl groups excluding tert-OH is 2. The number of aromatic amines is 1. The molecule has 34 heteroatoms. The van der Waals surface area contributed by atoms with Gasteiger partial charge in [0.2, 0.25) is 53.2 Å². The molecule has 0 spiro atoms. The van der Waals surface area contributed by atoms with E-state index >= 15 is 14.4 Å². The van der Waals surface area contributed by atoms with E-state index in [0.717, 1.165) is 28.5 Å². The Morgan fingerprint density at radius 1 is 0.630 bits per heavy atom. The third kappa shape index (κ3) is 25.3. The lowest BCUT2D eigenvalue weighted by atomic mass is 10.0. The molecule has 8 unspecified atom stereocenters. The van der Waals surface area contributed by atoms with Crippen molar-refractivity contribution >= 4 is 91.6 Å². The van der Waals surface area contributed by atoms with Crippen molar-refractivity contribution in [2.45, 2.75) is 144 Å². The van der Waals surface area contributed by atoms with E-state index in [9.17, 15) is 54.0 Å². The zero-order chi connectivity index (χ0) is 72.2. The highest BCUT2D eigenvalue weighted by atomic mass is 33.1. The van der Waals surface area contributed by atoms with Crippen molar-refractivity contribution in [3.63, 3.8) is 0 Å². The summed E-state index contributed by atoms with van der Waals surface area (Å²) in [6.07, 6.45) is -1.81. The smallest absolute Gasteiger partial charge is 0.328 e. The van der Waals surface area contributed by atoms with Crippen LogP contribution in [0.15, 0.2) is 85.1 Å². The second-order valence-corrected chi connectivity index (χ2v) is 27.9. The van der Waals surface area contributed by atoms with Gasteiger partial charge in [-0.2, -0.15) is 0 Å². The first-order valence-corrected chi connectivity index (χ1v) is 36.2. The number of H-pyrrole nitrogens is 1. The highest BCUT2D eigenvalue weighted by molar-refractivity contribution is 8.76. The van der Waals surface area contributed by atoms with Gasteiger partial charge in [-0.15, -0.1) is 0 Å². The number of fused-ring (bicyclic) bond motifs is 6. The number of amides is 9. The highest BCUT2D eigenvalue weighted by Crippen LogP contribution is 2.25. The molecule has 4 aromatic rings. The molecule has 548 valence electrons. The lowest BCUT2D eigenvalue weighted by Crippen LogP contribution is -2.72. The molecule has 4 heterocycles. The summed E-state index contributed by atoms with van der Waals surface area (Å²) in [5, 5.41) is 87.2. The van der Waals surface area contributed by atoms with Gasteiger partial charge >= 0.3 is 5.97 Å². The minimum Gasteiger partial charge on any atom is -0.508 e. The number of rotatable bonds is 23. The molecule has 3 aliphatic heterocycles. The maximum atomic E-state index is 15.2. The summed E-state index contributed by atoms with van der Waals surface area (Å²) in [5.41, 5.74) is 13.2. The number of phenols is 1. The van der Waals surface area contributed by atoms with Crippen molar-refractivity contribution < 1.29 is 68.4 Å². The number of aliphatic hydroxyl groups is 2. The minimum absolute atomic E-state index is 0.0608. The zero-order valence-corrected chi connectivity index (χ0v) is 57.9. The van der Waals surface area contributed by atoms with Crippen LogP contribution >= 0.6 is 21.6 Å². The summed E-state index contributed by atoms with van der Waals surface area (Å²) >= 11 is 0. The number of carbonyl (C=O) groups is 10. The molecule has 3 aromatic carbocycles. The average Bonchev–Trinajstić information content (AvgIpc) is 1.63. The molecule has 3 aliphatic rings. The molecule has 9 amide bonds. The van der Waals surface area contributed by atoms with Gasteiger partial charge in [0.1, 0.15) is 53.7 Å². The van der Waals surface area contributed by atoms with Crippen LogP contribution in [0.5, 0.6) is 5.75 Å². The number of aromatic hydroxyl groups is 1. The van der Waals surface area contributed by atoms with Crippen molar-refractivity contribution in [3.8, 4) is 5.75 Å². The summed E-state index contributed by atoms with van der Waals surface area (Å²) < 4.78 is 0. The Kier molecular flexibility index (Phi) is 31.6. The first kappa shape index (κ1) is 79.3. The molecule has 0 radical (unpaired) electrons. The number of nitrogens with one attached hydrogen (secondary N) is 16. The van der Waals surface area contributed by atoms with Crippen LogP contribution in [-0.4, -0.2) is 240 Å². The number of aliphatic carboxylic acids is 1. The van der Waals surface area contributed by atoms with Crippen molar-refractivity contribution in [2.24, 2.45) is 11.5 Å². The van der Waals surface area contributed by atoms with Crippen molar-refractivity contribution in [1.82, 2.24) is 84.7 Å². The lowest BCUT2D eigenvalue weighted by Gasteiger charge is -2.39. The highest BCUT2D eigenvalue weighted by Gasteiger charge is 2.39. The Morgan fingerprint density at radius 2 is 1.23 bits per heavy atom. The van der Waals surface area contributed by atoms with Gasteiger partial charge in [-0.25, -0.2) is 4.79 Å². The fraction of sp³-hybridized carbons (Fsp3) is 0.545. The Bertz CT molecular complexity index is 3360. The molecule has 0 saturated carbocycles. The fourth-order valence-corrected chi connectivity index (χ4v) is 13.9. The molecule has 10 atom stereocenters. The van der Waals surface area contributed by atoms with Crippen LogP contribution in [0.3, 0.4) is 0 Å². The Hall–Kier alpha value is -8.00. The quantitative estimate of drug-likeness (QED) is 0.0245. The summed E-state index contributed by atoms with van der Waals surface area (Å²) in [7, 11) is 1.75. The SMILES string of the molecule is CC(O)C(NC(=O)[C@@H]1CSSC[C@H](NC(=O)C(Cc2ccccc2)NC(=O)CCCC(=O)NC23CNCCNCC(N)(CNCCNC2)NCCN3)C(=O)NC(Cc2ccc(O)cc2)C(=O)NC(Cc2c[nH]c3ccccc23)C(=O)NC(CCCCN)C(=O)NC(C(C)O)C(=O)N1)C(=O)O. The van der Waals surface area contributed by atoms with Gasteiger partial charge < -0.3 is 106 Å². The molecule has 2 bridgehead atoms. The number of hydrogen-bond acceptors (Lipinski definition) is 23. The molecule has 100 heavy (non-hydrogen) atoms. The van der Waals surface area contributed by atoms with Gasteiger partial charge in [-0.05, 0) is 81.0 Å². The van der Waals surface area contributed by atoms with E-state index in [2.05, 4.69) is 84.7 Å². The normalized spacial score (nSPS) is 25.0. The minimum atomic E-state index is -1.88. The fourth-order valence-electron chi connectivity index (χ4n) is 11.6. The van der Waals surface area contributed by atoms with Crippen LogP contribution in [-0.2, 0) is 67.2 Å². The second-order valence-electron chi connectivity index (χ2n) is 25.4. The lowest BCUT2D eigenvalue weighted by molar-refractivity contribution is -0.145. The number of unbranched alkanes of at least 4 members (excludes halogenated alkanes) is 1. The second kappa shape index (κ2) is 39.9. The monoisotopic (exact) mass is 1430 g/mol. The third-order valence-electron chi connectivity index (χ3n) is 17.1. The number of carboxylic acid groups (broad SMARTS) is 1. The molecule has 1 aromatic heterocycles. The molecule has 7 rings (SSSR count). The Balaban J connectivity index is 1.20. The number of phenolic OH excluding ortho intramolecular Hbond substituents is 1. The number of hydrogen-bond donors (Lipinski definition) is 22. The topological polar surface area (TPSA) is 500 Å². The van der Waals surface area contributed by atoms with E-state index in [4.69, 9.17) is 11.5 Å². The summed E-state index contributed by atoms with van der Waals surface area (Å²) in [5.74, 6) is -10.3. The van der Waals surface area contributed by atoms with Gasteiger partial charge in [-0.1, -0.05) is 82.3 Å². The number of nitrogens with two attached hydrogens (primary N) is 2. The van der Waals surface area contributed by atoms with Gasteiger partial charge in [-0.3, -0.25) is 53.8 Å². The van der Waals surface area contributed by atoms with Crippen molar-refractivity contribution in [3.05, 3.63) is 102 Å². The molecular formula is C66H98N18O14S2. The van der Waals surface area contributed by atoms with Crippen LogP contribution in [0, 0.1) is 0 Å². The Labute approximate surface area is 588 Å². The molecule has 3 fully saturated rings.